The molecule has 3 aromatic rings. The summed E-state index contributed by atoms with van der Waals surface area (Å²) in [4.78, 5) is 17.1. The second-order valence-corrected chi connectivity index (χ2v) is 9.72. The molecule has 10 heteroatoms. The van der Waals surface area contributed by atoms with E-state index in [2.05, 4.69) is 15.4 Å². The number of nitrogens with one attached hydrogen (secondary N) is 1. The number of rotatable bonds is 6. The molecule has 0 bridgehead atoms. The minimum Gasteiger partial charge on any atom is -0.309 e. The predicted octanol–water partition coefficient (Wildman–Crippen LogP) is 3.02. The number of carbonyl (C=O) groups is 1. The van der Waals surface area contributed by atoms with Crippen molar-refractivity contribution < 1.29 is 13.2 Å². The summed E-state index contributed by atoms with van der Waals surface area (Å²) in [6.07, 6.45) is 4.41. The summed E-state index contributed by atoms with van der Waals surface area (Å²) in [6, 6.07) is 13.5. The highest BCUT2D eigenvalue weighted by molar-refractivity contribution is 7.89. The van der Waals surface area contributed by atoms with Gasteiger partial charge in [-0.2, -0.15) is 9.40 Å². The Bertz CT molecular complexity index is 1140. The lowest BCUT2D eigenvalue weighted by Crippen LogP contribution is -2.41. The number of benzene rings is 1. The summed E-state index contributed by atoms with van der Waals surface area (Å²) in [6.45, 7) is 1.09. The Morgan fingerprint density at radius 1 is 1.10 bits per heavy atom. The topological polar surface area (TPSA) is 97.2 Å². The van der Waals surface area contributed by atoms with E-state index in [9.17, 15) is 13.2 Å². The molecule has 4 rings (SSSR count). The molecule has 1 fully saturated rings. The largest absolute Gasteiger partial charge is 0.309 e. The molecule has 3 heterocycles. The van der Waals surface area contributed by atoms with E-state index in [1.165, 1.54) is 16.4 Å². The van der Waals surface area contributed by atoms with Gasteiger partial charge in [0.05, 0.1) is 17.1 Å². The van der Waals surface area contributed by atoms with Crippen LogP contribution in [0.25, 0.3) is 0 Å². The third-order valence-corrected chi connectivity index (χ3v) is 7.38. The van der Waals surface area contributed by atoms with Crippen molar-refractivity contribution in [3.63, 3.8) is 0 Å². The molecule has 1 N–H and O–H groups in total. The van der Waals surface area contributed by atoms with E-state index in [0.717, 1.165) is 5.69 Å². The lowest BCUT2D eigenvalue weighted by Gasteiger charge is -2.30. The average molecular weight is 460 g/mol. The summed E-state index contributed by atoms with van der Waals surface area (Å²) in [5.74, 6) is 0.0568. The molecule has 1 saturated heterocycles. The minimum absolute atomic E-state index is 0.147. The second kappa shape index (κ2) is 9.17. The van der Waals surface area contributed by atoms with Crippen LogP contribution in [0.4, 0.5) is 5.82 Å². The fraction of sp³-hybridized carbons (Fsp3) is 0.286. The van der Waals surface area contributed by atoms with Crippen molar-refractivity contribution in [1.82, 2.24) is 19.1 Å². The Labute approximate surface area is 185 Å². The van der Waals surface area contributed by atoms with Crippen LogP contribution in [0, 0.1) is 5.92 Å². The number of sulfonamides is 1. The zero-order chi connectivity index (χ0) is 21.8. The first-order chi connectivity index (χ1) is 14.9. The van der Waals surface area contributed by atoms with Crippen molar-refractivity contribution in [2.45, 2.75) is 24.3 Å². The van der Waals surface area contributed by atoms with Gasteiger partial charge in [-0.15, -0.1) is 0 Å². The molecule has 0 saturated carbocycles. The molecule has 2 aromatic heterocycles. The molecule has 0 spiro atoms. The summed E-state index contributed by atoms with van der Waals surface area (Å²) >= 11 is 5.85. The van der Waals surface area contributed by atoms with E-state index < -0.39 is 10.0 Å². The number of hydrogen-bond donors (Lipinski definition) is 1. The lowest BCUT2D eigenvalue weighted by atomic mass is 9.97. The molecule has 0 radical (unpaired) electrons. The molecule has 31 heavy (non-hydrogen) atoms. The summed E-state index contributed by atoms with van der Waals surface area (Å²) < 4.78 is 28.7. The Hall–Kier alpha value is -2.75. The average Bonchev–Trinajstić information content (AvgIpc) is 3.21. The highest BCUT2D eigenvalue weighted by Crippen LogP contribution is 2.25. The van der Waals surface area contributed by atoms with E-state index in [-0.39, 0.29) is 29.8 Å². The van der Waals surface area contributed by atoms with E-state index in [0.29, 0.717) is 30.2 Å². The molecule has 162 valence electrons. The normalized spacial score (nSPS) is 15.6. The fourth-order valence-electron chi connectivity index (χ4n) is 3.52. The van der Waals surface area contributed by atoms with Gasteiger partial charge in [-0.25, -0.2) is 8.42 Å². The minimum atomic E-state index is -3.59. The standard InChI is InChI=1S/C21H22ClN5O3S/c22-17-4-6-19(7-5-17)31(29,30)27-13-8-16(9-14-27)21(28)24-20-10-12-26(25-20)15-18-3-1-2-11-23-18/h1-7,10-12,16H,8-9,13-15H2,(H,24,25,28). The fourth-order valence-corrected chi connectivity index (χ4v) is 5.11. The van der Waals surface area contributed by atoms with E-state index in [1.807, 2.05) is 18.2 Å². The van der Waals surface area contributed by atoms with Crippen molar-refractivity contribution >= 4 is 33.3 Å². The highest BCUT2D eigenvalue weighted by atomic mass is 35.5. The predicted molar refractivity (Wildman–Crippen MR) is 117 cm³/mol. The Kier molecular flexibility index (Phi) is 6.35. The van der Waals surface area contributed by atoms with Gasteiger partial charge in [-0.3, -0.25) is 14.5 Å². The third-order valence-electron chi connectivity index (χ3n) is 5.22. The van der Waals surface area contributed by atoms with Gasteiger partial charge in [0.2, 0.25) is 15.9 Å². The van der Waals surface area contributed by atoms with E-state index in [1.54, 1.807) is 35.3 Å². The Morgan fingerprint density at radius 2 is 1.84 bits per heavy atom. The number of anilines is 1. The van der Waals surface area contributed by atoms with Gasteiger partial charge in [-0.1, -0.05) is 17.7 Å². The first kappa shape index (κ1) is 21.5. The van der Waals surface area contributed by atoms with Gasteiger partial charge in [-0.05, 0) is 49.2 Å². The zero-order valence-corrected chi connectivity index (χ0v) is 18.3. The molecule has 8 nitrogen and oxygen atoms in total. The number of pyridine rings is 1. The summed E-state index contributed by atoms with van der Waals surface area (Å²) in [5.41, 5.74) is 0.873. The molecule has 0 aliphatic carbocycles. The van der Waals surface area contributed by atoms with Gasteiger partial charge < -0.3 is 5.32 Å². The first-order valence-corrected chi connectivity index (χ1v) is 11.7. The summed E-state index contributed by atoms with van der Waals surface area (Å²) in [5, 5.41) is 7.69. The number of aromatic nitrogens is 3. The maximum Gasteiger partial charge on any atom is 0.243 e. The van der Waals surface area contributed by atoms with Crippen LogP contribution < -0.4 is 5.32 Å². The Balaban J connectivity index is 1.32. The lowest BCUT2D eigenvalue weighted by molar-refractivity contribution is -0.120. The first-order valence-electron chi connectivity index (χ1n) is 9.92. The number of halogens is 1. The zero-order valence-electron chi connectivity index (χ0n) is 16.7. The number of nitrogens with zero attached hydrogens (tertiary/aromatic N) is 4. The third kappa shape index (κ3) is 5.12. The SMILES string of the molecule is O=C(Nc1ccn(Cc2ccccn2)n1)C1CCN(S(=O)(=O)c2ccc(Cl)cc2)CC1. The van der Waals surface area contributed by atoms with Crippen LogP contribution in [0.5, 0.6) is 0 Å². The molecule has 1 amide bonds. The number of piperidine rings is 1. The van der Waals surface area contributed by atoms with Crippen LogP contribution in [0.3, 0.4) is 0 Å². The maximum absolute atomic E-state index is 12.8. The molecule has 1 aromatic carbocycles. The van der Waals surface area contributed by atoms with Crippen LogP contribution in [0.15, 0.2) is 65.8 Å². The summed E-state index contributed by atoms with van der Waals surface area (Å²) in [7, 11) is -3.59. The smallest absolute Gasteiger partial charge is 0.243 e. The van der Waals surface area contributed by atoms with Crippen LogP contribution >= 0.6 is 11.6 Å². The van der Waals surface area contributed by atoms with Gasteiger partial charge in [0.25, 0.3) is 0 Å². The highest BCUT2D eigenvalue weighted by Gasteiger charge is 2.32. The molecule has 0 unspecified atom stereocenters. The molecule has 0 atom stereocenters. The van der Waals surface area contributed by atoms with E-state index >= 15 is 0 Å². The van der Waals surface area contributed by atoms with Crippen molar-refractivity contribution in [2.75, 3.05) is 18.4 Å². The molecule has 1 aliphatic rings. The molecular formula is C21H22ClN5O3S. The quantitative estimate of drug-likeness (QED) is 0.611. The second-order valence-electron chi connectivity index (χ2n) is 7.34. The Morgan fingerprint density at radius 3 is 2.52 bits per heavy atom. The van der Waals surface area contributed by atoms with Crippen molar-refractivity contribution in [2.24, 2.45) is 5.92 Å². The molecule has 1 aliphatic heterocycles. The van der Waals surface area contributed by atoms with Crippen LogP contribution in [-0.2, 0) is 21.4 Å². The van der Waals surface area contributed by atoms with Crippen molar-refractivity contribution in [1.29, 1.82) is 0 Å². The number of hydrogen-bond acceptors (Lipinski definition) is 5. The van der Waals surface area contributed by atoms with Crippen LogP contribution in [0.2, 0.25) is 5.02 Å². The maximum atomic E-state index is 12.8. The van der Waals surface area contributed by atoms with Crippen molar-refractivity contribution in [3.8, 4) is 0 Å². The monoisotopic (exact) mass is 459 g/mol. The van der Waals surface area contributed by atoms with Gasteiger partial charge in [0.1, 0.15) is 0 Å². The van der Waals surface area contributed by atoms with Gasteiger partial charge in [0, 0.05) is 42.5 Å². The number of amides is 1. The molecular weight excluding hydrogens is 438 g/mol. The van der Waals surface area contributed by atoms with Crippen LogP contribution in [-0.4, -0.2) is 46.5 Å². The van der Waals surface area contributed by atoms with Crippen molar-refractivity contribution in [3.05, 3.63) is 71.6 Å². The van der Waals surface area contributed by atoms with Crippen LogP contribution in [0.1, 0.15) is 18.5 Å². The van der Waals surface area contributed by atoms with Gasteiger partial charge >= 0.3 is 0 Å². The number of carbonyl (C=O) groups excluding carboxylic acids is 1. The van der Waals surface area contributed by atoms with Gasteiger partial charge in [0.15, 0.2) is 5.82 Å². The van der Waals surface area contributed by atoms with E-state index in [4.69, 9.17) is 11.6 Å².